The van der Waals surface area contributed by atoms with E-state index < -0.39 is 91.5 Å². The fraction of sp³-hybridized carbons (Fsp3) is 0.733. The molecule has 119 heavy (non-hydrogen) atoms. The molecule has 0 aliphatic rings. The van der Waals surface area contributed by atoms with Crippen molar-refractivity contribution in [1.29, 1.82) is 0 Å². The quantitative estimate of drug-likeness (QED) is 0.0146. The van der Waals surface area contributed by atoms with Gasteiger partial charge in [-0.15, -0.1) is 0 Å². The Balaban J connectivity index is 4.40. The summed E-state index contributed by atoms with van der Waals surface area (Å²) in [5, 5.41) is 20.7. The van der Waals surface area contributed by atoms with Crippen LogP contribution in [0.1, 0.15) is 419 Å². The number of hydrogen-bond donors (Lipinski definition) is 4. The molecular weight excluding hydrogens is 1530 g/mol. The number of carbonyl (C=O) groups excluding carboxylic acids is 3. The summed E-state index contributed by atoms with van der Waals surface area (Å²) in [5.41, 5.74) is 0. The van der Waals surface area contributed by atoms with Gasteiger partial charge in [-0.25, -0.2) is 9.13 Å². The van der Waals surface area contributed by atoms with Gasteiger partial charge in [-0.2, -0.15) is 0 Å². The van der Waals surface area contributed by atoms with Gasteiger partial charge in [-0.3, -0.25) is 32.5 Å². The molecule has 0 saturated carbocycles. The first-order valence-electron chi connectivity index (χ1n) is 48.1. The summed E-state index contributed by atoms with van der Waals surface area (Å²) >= 11 is 0. The Labute approximate surface area is 728 Å². The number of aliphatic hydroxyl groups excluding tert-OH is 2. The van der Waals surface area contributed by atoms with Gasteiger partial charge >= 0.3 is 33.6 Å². The average Bonchev–Trinajstić information content (AvgIpc) is 0.900. The molecule has 18 heteroatoms. The molecule has 0 amide bonds. The highest BCUT2D eigenvalue weighted by molar-refractivity contribution is 7.47. The van der Waals surface area contributed by atoms with Gasteiger partial charge in [0.2, 0.25) is 0 Å². The largest absolute Gasteiger partial charge is 0.472 e. The Morgan fingerprint density at radius 2 is 0.445 bits per heavy atom. The van der Waals surface area contributed by atoms with Crippen LogP contribution in [0, 0.1) is 0 Å². The molecule has 0 fully saturated rings. The molecule has 16 nitrogen and oxygen atoms in total. The molecule has 0 aromatic rings. The number of hydrogen-bond acceptors (Lipinski definition) is 14. The molecule has 0 radical (unpaired) electrons. The smallest absolute Gasteiger partial charge is 0.463 e. The second-order valence-corrected chi connectivity index (χ2v) is 35.0. The fourth-order valence-corrected chi connectivity index (χ4v) is 14.9. The van der Waals surface area contributed by atoms with E-state index >= 15 is 0 Å². The highest BCUT2D eigenvalue weighted by atomic mass is 31.2. The minimum atomic E-state index is -4.94. The van der Waals surface area contributed by atoms with Crippen LogP contribution < -0.4 is 0 Å². The maximum atomic E-state index is 13.0. The summed E-state index contributed by atoms with van der Waals surface area (Å²) in [7, 11) is -9.81. The van der Waals surface area contributed by atoms with E-state index in [9.17, 15) is 43.5 Å². The molecule has 0 aliphatic heterocycles. The standard InChI is InChI=1S/C101H176O16P2/c1-4-7-10-13-16-19-22-25-28-30-32-34-36-38-40-42-44-46-47-49-51-52-54-56-58-60-62-64-67-69-72-75-78-81-84-87-99(104)111-90-96(102)91-113-118(107,108)114-92-97(103)93-115-119(109,110)116-95-98(117-101(106)89-86-83-80-77-74-71-66-27-24-21-18-15-12-9-6-3)94-112-100(105)88-85-82-79-76-73-70-68-65-63-61-59-57-55-53-50-48-45-43-41-39-37-35-33-31-29-26-23-20-17-14-11-8-5-2/h8-9,11-12,16-21,25-29,32-35,38-41,66,96-98,102-103H,4-7,10,13-15,22-24,30-31,36-37,42-65,67-95H2,1-3H3,(H,107,108)(H,109,110)/b11-8-,12-9-,19-16-,20-17-,21-18-,28-25-,29-26-,34-32-,35-33-,40-38-,41-39-,66-27-. The summed E-state index contributed by atoms with van der Waals surface area (Å²) in [5.74, 6) is -1.58. The topological polar surface area (TPSA) is 231 Å². The minimum absolute atomic E-state index is 0.0847. The van der Waals surface area contributed by atoms with Gasteiger partial charge in [-0.1, -0.05) is 404 Å². The number of phosphoric acid groups is 2. The van der Waals surface area contributed by atoms with E-state index in [1.807, 2.05) is 0 Å². The van der Waals surface area contributed by atoms with Crippen LogP contribution in [0.5, 0.6) is 0 Å². The summed E-state index contributed by atoms with van der Waals surface area (Å²) in [4.78, 5) is 58.9. The first-order valence-corrected chi connectivity index (χ1v) is 51.1. The number of ether oxygens (including phenoxy) is 3. The minimum Gasteiger partial charge on any atom is -0.463 e. The molecule has 0 spiro atoms. The van der Waals surface area contributed by atoms with E-state index in [0.29, 0.717) is 19.3 Å². The van der Waals surface area contributed by atoms with Crippen LogP contribution >= 0.6 is 15.6 Å². The van der Waals surface area contributed by atoms with Crippen molar-refractivity contribution >= 4 is 33.6 Å². The number of esters is 3. The number of aliphatic hydroxyl groups is 2. The van der Waals surface area contributed by atoms with Gasteiger partial charge in [0.25, 0.3) is 0 Å². The van der Waals surface area contributed by atoms with Crippen molar-refractivity contribution in [3.63, 3.8) is 0 Å². The zero-order chi connectivity index (χ0) is 86.5. The van der Waals surface area contributed by atoms with Crippen LogP contribution in [-0.4, -0.2) is 95.9 Å². The molecule has 5 unspecified atom stereocenters. The number of rotatable bonds is 91. The maximum absolute atomic E-state index is 13.0. The van der Waals surface area contributed by atoms with Gasteiger partial charge in [0.1, 0.15) is 25.4 Å². The van der Waals surface area contributed by atoms with Crippen molar-refractivity contribution in [2.75, 3.05) is 39.6 Å². The van der Waals surface area contributed by atoms with Crippen LogP contribution in [0.15, 0.2) is 146 Å². The Bertz CT molecular complexity index is 2740. The van der Waals surface area contributed by atoms with Crippen LogP contribution in [0.2, 0.25) is 0 Å². The fourth-order valence-electron chi connectivity index (χ4n) is 13.3. The van der Waals surface area contributed by atoms with Crippen molar-refractivity contribution in [2.24, 2.45) is 0 Å². The van der Waals surface area contributed by atoms with E-state index in [-0.39, 0.29) is 19.3 Å². The van der Waals surface area contributed by atoms with E-state index in [1.54, 1.807) is 0 Å². The van der Waals surface area contributed by atoms with E-state index in [4.69, 9.17) is 32.3 Å². The summed E-state index contributed by atoms with van der Waals surface area (Å²) in [6.45, 7) is 2.47. The van der Waals surface area contributed by atoms with Crippen molar-refractivity contribution in [3.8, 4) is 0 Å². The predicted molar refractivity (Wildman–Crippen MR) is 500 cm³/mol. The zero-order valence-corrected chi connectivity index (χ0v) is 77.5. The SMILES string of the molecule is CC/C=C\C/C=C\C/C=C\C/C=C\C/C=C\CCCCCCCCCCCCCCCCCCCC(=O)OCC(COP(=O)(O)OCC(O)COP(=O)(O)OCC(O)COC(=O)CCCCCCCCCCCCCCCCCCCCC/C=C\C/C=C\C/C=C\C/C=C\CCCCC)OC(=O)CCCCCCC/C=C\C/C=C\C/C=C\CC. The third-order valence-corrected chi connectivity index (χ3v) is 22.4. The van der Waals surface area contributed by atoms with Gasteiger partial charge in [-0.05, 0) is 141 Å². The molecule has 5 atom stereocenters. The molecule has 0 aromatic heterocycles. The second-order valence-electron chi connectivity index (χ2n) is 32.1. The normalized spacial score (nSPS) is 14.4. The lowest BCUT2D eigenvalue weighted by Crippen LogP contribution is -2.30. The lowest BCUT2D eigenvalue weighted by atomic mass is 10.0. The Kier molecular flexibility index (Phi) is 89.1. The number of carbonyl (C=O) groups is 3. The van der Waals surface area contributed by atoms with Crippen LogP contribution in [0.3, 0.4) is 0 Å². The number of allylic oxidation sites excluding steroid dienone is 24. The molecule has 4 N–H and O–H groups in total. The number of unbranched alkanes of at least 4 members (excludes halogenated alkanes) is 44. The highest BCUT2D eigenvalue weighted by Crippen LogP contribution is 2.45. The van der Waals surface area contributed by atoms with Crippen LogP contribution in [0.4, 0.5) is 0 Å². The first-order chi connectivity index (χ1) is 58.2. The molecule has 0 aromatic carbocycles. The molecule has 0 saturated heterocycles. The summed E-state index contributed by atoms with van der Waals surface area (Å²) in [6.07, 6.45) is 118. The molecule has 0 rings (SSSR count). The third-order valence-electron chi connectivity index (χ3n) is 20.5. The maximum Gasteiger partial charge on any atom is 0.472 e. The van der Waals surface area contributed by atoms with E-state index in [0.717, 1.165) is 141 Å². The summed E-state index contributed by atoms with van der Waals surface area (Å²) in [6, 6.07) is 0. The van der Waals surface area contributed by atoms with E-state index in [2.05, 4.69) is 167 Å². The molecular formula is C101H176O16P2. The molecule has 686 valence electrons. The zero-order valence-electron chi connectivity index (χ0n) is 75.8. The predicted octanol–water partition coefficient (Wildman–Crippen LogP) is 29.9. The van der Waals surface area contributed by atoms with Gasteiger partial charge in [0.05, 0.1) is 26.4 Å². The van der Waals surface area contributed by atoms with Gasteiger partial charge in [0, 0.05) is 19.3 Å². The Hall–Kier alpha value is -4.57. The third kappa shape index (κ3) is 94.0. The van der Waals surface area contributed by atoms with Crippen molar-refractivity contribution in [3.05, 3.63) is 146 Å². The molecule has 0 bridgehead atoms. The lowest BCUT2D eigenvalue weighted by molar-refractivity contribution is -0.161. The lowest BCUT2D eigenvalue weighted by Gasteiger charge is -2.21. The summed E-state index contributed by atoms with van der Waals surface area (Å²) < 4.78 is 61.4. The average molecular weight is 1710 g/mol. The van der Waals surface area contributed by atoms with Crippen molar-refractivity contribution in [2.45, 2.75) is 437 Å². The van der Waals surface area contributed by atoms with Gasteiger partial charge < -0.3 is 34.2 Å². The Morgan fingerprint density at radius 1 is 0.244 bits per heavy atom. The van der Waals surface area contributed by atoms with E-state index in [1.165, 1.54) is 218 Å². The van der Waals surface area contributed by atoms with Crippen molar-refractivity contribution in [1.82, 2.24) is 0 Å². The Morgan fingerprint density at radius 3 is 0.706 bits per heavy atom. The number of phosphoric ester groups is 2. The van der Waals surface area contributed by atoms with Crippen molar-refractivity contribution < 1.29 is 75.8 Å². The first kappa shape index (κ1) is 114. The molecule has 0 heterocycles. The molecule has 0 aliphatic carbocycles. The van der Waals surface area contributed by atoms with Crippen LogP contribution in [-0.2, 0) is 55.8 Å². The monoisotopic (exact) mass is 1710 g/mol. The van der Waals surface area contributed by atoms with Gasteiger partial charge in [0.15, 0.2) is 6.10 Å². The van der Waals surface area contributed by atoms with Crippen LogP contribution in [0.25, 0.3) is 0 Å². The highest BCUT2D eigenvalue weighted by Gasteiger charge is 2.30. The second kappa shape index (κ2) is 92.6.